The second kappa shape index (κ2) is 9.52. The number of phenolic OH excluding ortho intramolecular Hbond substituents is 1. The molecule has 0 amide bonds. The Hall–Kier alpha value is -3.20. The summed E-state index contributed by atoms with van der Waals surface area (Å²) >= 11 is 0. The van der Waals surface area contributed by atoms with Gasteiger partial charge in [-0.1, -0.05) is 32.9 Å². The molecule has 2 rings (SSSR count). The number of ether oxygens (including phenoxy) is 3. The number of methoxy groups -OCH3 is 3. The summed E-state index contributed by atoms with van der Waals surface area (Å²) in [5.74, 6) is 1.09. The molecule has 1 N–H and O–H groups in total. The number of benzene rings is 2. The van der Waals surface area contributed by atoms with E-state index in [-0.39, 0.29) is 10.8 Å². The minimum atomic E-state index is -2.39. The third-order valence-corrected chi connectivity index (χ3v) is 9.97. The van der Waals surface area contributed by atoms with Crippen LogP contribution in [0, 0.1) is 10.1 Å². The van der Waals surface area contributed by atoms with Crippen LogP contribution in [0.25, 0.3) is 12.2 Å². The fourth-order valence-electron chi connectivity index (χ4n) is 2.75. The van der Waals surface area contributed by atoms with Gasteiger partial charge in [0.25, 0.3) is 8.32 Å². The molecule has 32 heavy (non-hydrogen) atoms. The first kappa shape index (κ1) is 25.1. The van der Waals surface area contributed by atoms with Gasteiger partial charge in [0.1, 0.15) is 0 Å². The lowest BCUT2D eigenvalue weighted by molar-refractivity contribution is -0.385. The summed E-state index contributed by atoms with van der Waals surface area (Å²) < 4.78 is 22.4. The number of hydrogen-bond donors (Lipinski definition) is 1. The van der Waals surface area contributed by atoms with Gasteiger partial charge in [-0.05, 0) is 41.9 Å². The Labute approximate surface area is 189 Å². The topological polar surface area (TPSA) is 100 Å². The molecular weight excluding hydrogens is 430 g/mol. The van der Waals surface area contributed by atoms with Crippen LogP contribution in [0.2, 0.25) is 18.1 Å². The van der Waals surface area contributed by atoms with Crippen molar-refractivity contribution in [2.75, 3.05) is 21.3 Å². The fraction of sp³-hybridized carbons (Fsp3) is 0.391. The molecule has 0 heterocycles. The number of rotatable bonds is 8. The Morgan fingerprint density at radius 2 is 1.53 bits per heavy atom. The summed E-state index contributed by atoms with van der Waals surface area (Å²) in [6.07, 6.45) is 3.51. The van der Waals surface area contributed by atoms with E-state index in [1.807, 2.05) is 13.1 Å². The highest BCUT2D eigenvalue weighted by molar-refractivity contribution is 6.74. The lowest BCUT2D eigenvalue weighted by Crippen LogP contribution is -2.44. The van der Waals surface area contributed by atoms with Crippen molar-refractivity contribution in [1.82, 2.24) is 0 Å². The number of phenols is 1. The highest BCUT2D eigenvalue weighted by Crippen LogP contribution is 2.45. The van der Waals surface area contributed by atoms with E-state index in [0.717, 1.165) is 5.56 Å². The van der Waals surface area contributed by atoms with Gasteiger partial charge in [0, 0.05) is 11.6 Å². The predicted molar refractivity (Wildman–Crippen MR) is 128 cm³/mol. The van der Waals surface area contributed by atoms with Crippen LogP contribution in [0.3, 0.4) is 0 Å². The van der Waals surface area contributed by atoms with Gasteiger partial charge >= 0.3 is 5.69 Å². The Kier molecular flexibility index (Phi) is 7.45. The highest BCUT2D eigenvalue weighted by Gasteiger charge is 2.40. The normalized spacial score (nSPS) is 12.0. The van der Waals surface area contributed by atoms with Crippen molar-refractivity contribution in [2.45, 2.75) is 38.9 Å². The van der Waals surface area contributed by atoms with Crippen LogP contribution in [0.4, 0.5) is 5.69 Å². The lowest BCUT2D eigenvalue weighted by atomic mass is 10.1. The van der Waals surface area contributed by atoms with Crippen LogP contribution in [0.15, 0.2) is 24.3 Å². The maximum atomic E-state index is 11.4. The van der Waals surface area contributed by atoms with Crippen LogP contribution in [0.5, 0.6) is 28.7 Å². The van der Waals surface area contributed by atoms with Crippen LogP contribution in [0.1, 0.15) is 31.9 Å². The molecule has 0 aliphatic rings. The zero-order valence-corrected chi connectivity index (χ0v) is 20.8. The van der Waals surface area contributed by atoms with Crippen LogP contribution < -0.4 is 18.6 Å². The zero-order chi connectivity index (χ0) is 24.3. The zero-order valence-electron chi connectivity index (χ0n) is 19.8. The monoisotopic (exact) mass is 461 g/mol. The summed E-state index contributed by atoms with van der Waals surface area (Å²) in [6, 6.07) is 6.38. The standard InChI is InChI=1S/C23H31NO7Si/c1-23(2,3)32(7,8)31-21-16(11-12-17(20(21)25)24(26)27)10-9-15-13-18(28-4)22(30-6)19(14-15)29-5/h9-14,25H,1-8H3. The van der Waals surface area contributed by atoms with Crippen molar-refractivity contribution in [2.24, 2.45) is 0 Å². The summed E-state index contributed by atoms with van der Waals surface area (Å²) in [5.41, 5.74) is 0.867. The number of aromatic hydroxyl groups is 1. The Bertz CT molecular complexity index is 1000. The van der Waals surface area contributed by atoms with Gasteiger partial charge in [-0.3, -0.25) is 10.1 Å². The summed E-state index contributed by atoms with van der Waals surface area (Å²) in [5, 5.41) is 21.9. The van der Waals surface area contributed by atoms with Crippen LogP contribution in [-0.2, 0) is 0 Å². The van der Waals surface area contributed by atoms with Crippen LogP contribution in [-0.4, -0.2) is 39.7 Å². The van der Waals surface area contributed by atoms with Crippen molar-refractivity contribution in [3.63, 3.8) is 0 Å². The number of nitro groups is 1. The number of nitro benzene ring substituents is 1. The smallest absolute Gasteiger partial charge is 0.314 e. The fourth-order valence-corrected chi connectivity index (χ4v) is 3.79. The number of nitrogens with zero attached hydrogens (tertiary/aromatic N) is 1. The quantitative estimate of drug-likeness (QED) is 0.227. The molecule has 0 aromatic heterocycles. The van der Waals surface area contributed by atoms with E-state index in [9.17, 15) is 15.2 Å². The molecule has 0 saturated carbocycles. The maximum absolute atomic E-state index is 11.4. The second-order valence-electron chi connectivity index (χ2n) is 8.76. The van der Waals surface area contributed by atoms with E-state index in [2.05, 4.69) is 20.8 Å². The van der Waals surface area contributed by atoms with Gasteiger partial charge in [-0.25, -0.2) is 0 Å². The van der Waals surface area contributed by atoms with Gasteiger partial charge in [-0.15, -0.1) is 0 Å². The largest absolute Gasteiger partial charge is 0.540 e. The van der Waals surface area contributed by atoms with E-state index in [0.29, 0.717) is 22.8 Å². The third kappa shape index (κ3) is 5.16. The van der Waals surface area contributed by atoms with Gasteiger partial charge in [0.15, 0.2) is 17.2 Å². The first-order valence-electron chi connectivity index (χ1n) is 10.0. The predicted octanol–water partition coefficient (Wildman–Crippen LogP) is 5.88. The van der Waals surface area contributed by atoms with Gasteiger partial charge in [0.2, 0.25) is 11.5 Å². The summed E-state index contributed by atoms with van der Waals surface area (Å²) in [6.45, 7) is 10.2. The molecule has 0 fully saturated rings. The average Bonchev–Trinajstić information content (AvgIpc) is 2.71. The SMILES string of the molecule is COc1cc(C=Cc2ccc([N+](=O)[O-])c(O)c2O[Si](C)(C)C(C)(C)C)cc(OC)c1OC. The van der Waals surface area contributed by atoms with Crippen molar-refractivity contribution in [1.29, 1.82) is 0 Å². The van der Waals surface area contributed by atoms with Crippen molar-refractivity contribution in [3.05, 3.63) is 45.5 Å². The average molecular weight is 462 g/mol. The highest BCUT2D eigenvalue weighted by atomic mass is 28.4. The molecule has 8 nitrogen and oxygen atoms in total. The molecule has 2 aromatic rings. The van der Waals surface area contributed by atoms with Crippen molar-refractivity contribution >= 4 is 26.2 Å². The molecule has 0 atom stereocenters. The Balaban J connectivity index is 2.60. The van der Waals surface area contributed by atoms with Crippen molar-refractivity contribution in [3.8, 4) is 28.7 Å². The van der Waals surface area contributed by atoms with Crippen molar-refractivity contribution < 1.29 is 28.7 Å². The van der Waals surface area contributed by atoms with E-state index >= 15 is 0 Å². The molecule has 0 unspecified atom stereocenters. The lowest BCUT2D eigenvalue weighted by Gasteiger charge is -2.36. The molecule has 0 radical (unpaired) electrons. The third-order valence-electron chi connectivity index (χ3n) is 5.64. The molecule has 9 heteroatoms. The van der Waals surface area contributed by atoms with Gasteiger partial charge < -0.3 is 23.7 Å². The molecule has 0 spiro atoms. The molecule has 174 valence electrons. The van der Waals surface area contributed by atoms with E-state index in [4.69, 9.17) is 18.6 Å². The molecule has 0 aliphatic heterocycles. The molecule has 0 aliphatic carbocycles. The minimum Gasteiger partial charge on any atom is -0.540 e. The maximum Gasteiger partial charge on any atom is 0.314 e. The summed E-state index contributed by atoms with van der Waals surface area (Å²) in [4.78, 5) is 10.7. The van der Waals surface area contributed by atoms with Gasteiger partial charge in [-0.2, -0.15) is 0 Å². The minimum absolute atomic E-state index is 0.106. The van der Waals surface area contributed by atoms with E-state index in [1.54, 1.807) is 30.4 Å². The molecule has 0 bridgehead atoms. The van der Waals surface area contributed by atoms with Crippen LogP contribution >= 0.6 is 0 Å². The Morgan fingerprint density at radius 1 is 0.969 bits per heavy atom. The molecule has 0 saturated heterocycles. The number of hydrogen-bond acceptors (Lipinski definition) is 7. The first-order valence-corrected chi connectivity index (χ1v) is 12.9. The summed E-state index contributed by atoms with van der Waals surface area (Å²) in [7, 11) is 2.20. The second-order valence-corrected chi connectivity index (χ2v) is 13.5. The van der Waals surface area contributed by atoms with E-state index in [1.165, 1.54) is 27.4 Å². The van der Waals surface area contributed by atoms with Gasteiger partial charge in [0.05, 0.1) is 26.3 Å². The Morgan fingerprint density at radius 3 is 1.97 bits per heavy atom. The molecule has 2 aromatic carbocycles. The first-order chi connectivity index (χ1) is 14.9. The van der Waals surface area contributed by atoms with E-state index < -0.39 is 24.7 Å². The molecular formula is C23H31NO7Si.